The van der Waals surface area contributed by atoms with E-state index in [2.05, 4.69) is 13.0 Å². The van der Waals surface area contributed by atoms with Crippen LogP contribution >= 0.6 is 0 Å². The minimum Gasteiger partial charge on any atom is -0.854 e. The molecule has 0 saturated heterocycles. The topological polar surface area (TPSA) is 63.9 Å². The zero-order valence-corrected chi connectivity index (χ0v) is 20.6. The molecule has 4 heteroatoms. The van der Waals surface area contributed by atoms with Gasteiger partial charge in [0, 0.05) is 18.9 Å². The summed E-state index contributed by atoms with van der Waals surface area (Å²) in [5, 5.41) is 21.5. The van der Waals surface area contributed by atoms with E-state index in [0.29, 0.717) is 42.3 Å². The largest absolute Gasteiger partial charge is 1.00 e. The first kappa shape index (κ1) is 20.4. The molecule has 0 radical (unpaired) electrons. The van der Waals surface area contributed by atoms with Crippen LogP contribution in [0.2, 0.25) is 0 Å². The number of ketones is 1. The summed E-state index contributed by atoms with van der Waals surface area (Å²) < 4.78 is 0. The van der Waals surface area contributed by atoms with Crippen LogP contribution in [0.15, 0.2) is 11.6 Å². The SMILES string of the molecule is C[C@]12CC[C@H]3[C@@H](CC[C@@H]4CC(=O)CC[C@@]43C[O-])[C@@H]1CC/C2=C/C#N.[Rb+]. The number of carbonyl (C=O) groups excluding carboxylic acids is 1. The number of hydrogen-bond donors (Lipinski definition) is 0. The summed E-state index contributed by atoms with van der Waals surface area (Å²) in [5.74, 6) is 2.51. The van der Waals surface area contributed by atoms with Crippen LogP contribution < -0.4 is 63.3 Å². The van der Waals surface area contributed by atoms with Gasteiger partial charge in [0.1, 0.15) is 5.78 Å². The summed E-state index contributed by atoms with van der Waals surface area (Å²) in [6, 6.07) is 2.26. The molecule has 4 saturated carbocycles. The fraction of sp³-hybridized carbons (Fsp3) is 0.810. The van der Waals surface area contributed by atoms with E-state index in [4.69, 9.17) is 5.26 Å². The van der Waals surface area contributed by atoms with Gasteiger partial charge in [0.05, 0.1) is 6.07 Å². The van der Waals surface area contributed by atoms with Gasteiger partial charge in [-0.05, 0) is 79.4 Å². The average Bonchev–Trinajstić information content (AvgIpc) is 2.91. The molecule has 4 rings (SSSR count). The maximum atomic E-state index is 12.4. The average molecular weight is 412 g/mol. The first-order chi connectivity index (χ1) is 11.5. The van der Waals surface area contributed by atoms with E-state index < -0.39 is 0 Å². The molecule has 0 heterocycles. The second-order valence-corrected chi connectivity index (χ2v) is 9.06. The maximum Gasteiger partial charge on any atom is 1.00 e. The van der Waals surface area contributed by atoms with Gasteiger partial charge in [-0.2, -0.15) is 5.26 Å². The maximum absolute atomic E-state index is 12.4. The minimum absolute atomic E-state index is 0. The smallest absolute Gasteiger partial charge is 0.854 e. The van der Waals surface area contributed by atoms with Gasteiger partial charge in [0.25, 0.3) is 0 Å². The monoisotopic (exact) mass is 411 g/mol. The second-order valence-electron chi connectivity index (χ2n) is 9.06. The summed E-state index contributed by atoms with van der Waals surface area (Å²) >= 11 is 0. The van der Waals surface area contributed by atoms with Crippen molar-refractivity contribution in [2.45, 2.75) is 64.7 Å². The molecule has 0 aromatic rings. The third-order valence-electron chi connectivity index (χ3n) is 8.54. The molecule has 3 nitrogen and oxygen atoms in total. The molecule has 4 fully saturated rings. The predicted molar refractivity (Wildman–Crippen MR) is 89.6 cm³/mol. The van der Waals surface area contributed by atoms with Crippen molar-refractivity contribution in [2.24, 2.45) is 34.5 Å². The number of hydrogen-bond acceptors (Lipinski definition) is 3. The van der Waals surface area contributed by atoms with Crippen LogP contribution in [-0.2, 0) is 4.79 Å². The van der Waals surface area contributed by atoms with Crippen LogP contribution in [-0.4, -0.2) is 12.4 Å². The molecule has 0 aromatic heterocycles. The van der Waals surface area contributed by atoms with Crippen LogP contribution in [0.4, 0.5) is 0 Å². The molecular formula is C21H28NO2Rb. The molecule has 130 valence electrons. The Morgan fingerprint density at radius 2 is 2.00 bits per heavy atom. The van der Waals surface area contributed by atoms with Crippen molar-refractivity contribution in [3.63, 3.8) is 0 Å². The molecule has 6 atom stereocenters. The van der Waals surface area contributed by atoms with E-state index >= 15 is 0 Å². The van der Waals surface area contributed by atoms with Crippen molar-refractivity contribution < 1.29 is 68.1 Å². The molecule has 0 spiro atoms. The second kappa shape index (κ2) is 7.59. The quantitative estimate of drug-likeness (QED) is 0.586. The van der Waals surface area contributed by atoms with Crippen molar-refractivity contribution in [3.05, 3.63) is 11.6 Å². The zero-order valence-electron chi connectivity index (χ0n) is 15.7. The molecule has 0 unspecified atom stereocenters. The third kappa shape index (κ3) is 3.03. The predicted octanol–water partition coefficient (Wildman–Crippen LogP) is 0.393. The minimum atomic E-state index is -0.111. The summed E-state index contributed by atoms with van der Waals surface area (Å²) in [5.41, 5.74) is 1.42. The van der Waals surface area contributed by atoms with Crippen molar-refractivity contribution in [1.82, 2.24) is 0 Å². The van der Waals surface area contributed by atoms with E-state index in [1.807, 2.05) is 0 Å². The van der Waals surface area contributed by atoms with Crippen LogP contribution in [0.3, 0.4) is 0 Å². The summed E-state index contributed by atoms with van der Waals surface area (Å²) in [4.78, 5) is 11.9. The Labute approximate surface area is 200 Å². The molecule has 4 aliphatic rings. The molecule has 0 N–H and O–H groups in total. The van der Waals surface area contributed by atoms with Gasteiger partial charge in [-0.3, -0.25) is 4.79 Å². The molecular weight excluding hydrogens is 384 g/mol. The van der Waals surface area contributed by atoms with Gasteiger partial charge in [-0.25, -0.2) is 0 Å². The number of allylic oxidation sites excluding steroid dienone is 2. The molecule has 0 aromatic carbocycles. The molecule has 4 aliphatic carbocycles. The van der Waals surface area contributed by atoms with Gasteiger partial charge in [0.2, 0.25) is 0 Å². The number of nitrogens with zero attached hydrogens (tertiary/aromatic N) is 1. The van der Waals surface area contributed by atoms with Gasteiger partial charge >= 0.3 is 58.2 Å². The van der Waals surface area contributed by atoms with Crippen molar-refractivity contribution in [1.29, 1.82) is 5.26 Å². The van der Waals surface area contributed by atoms with Crippen LogP contribution in [0.25, 0.3) is 0 Å². The number of Topliss-reactive ketones (excluding diaryl/α,β-unsaturated/α-hetero) is 1. The number of rotatable bonds is 1. The Kier molecular flexibility index (Phi) is 6.19. The Balaban J connectivity index is 0.00000182. The summed E-state index contributed by atoms with van der Waals surface area (Å²) in [6.07, 6.45) is 10.7. The Bertz CT molecular complexity index is 624. The van der Waals surface area contributed by atoms with Crippen LogP contribution in [0, 0.1) is 45.8 Å². The molecule has 0 aliphatic heterocycles. The Morgan fingerprint density at radius 1 is 1.20 bits per heavy atom. The molecule has 0 bridgehead atoms. The van der Waals surface area contributed by atoms with E-state index in [-0.39, 0.29) is 75.6 Å². The van der Waals surface area contributed by atoms with Gasteiger partial charge < -0.3 is 5.11 Å². The normalized spacial score (nSPS) is 47.2. The fourth-order valence-corrected chi connectivity index (χ4v) is 7.29. The first-order valence-corrected chi connectivity index (χ1v) is 9.74. The van der Waals surface area contributed by atoms with E-state index in [1.54, 1.807) is 6.08 Å². The zero-order chi connectivity index (χ0) is 16.9. The van der Waals surface area contributed by atoms with E-state index in [9.17, 15) is 9.90 Å². The molecule has 0 amide bonds. The van der Waals surface area contributed by atoms with Crippen LogP contribution in [0.5, 0.6) is 0 Å². The number of carbonyl (C=O) groups is 1. The summed E-state index contributed by atoms with van der Waals surface area (Å²) in [6.45, 7) is 2.38. The first-order valence-electron chi connectivity index (χ1n) is 9.74. The van der Waals surface area contributed by atoms with Crippen molar-refractivity contribution in [2.75, 3.05) is 6.61 Å². The number of nitriles is 1. The van der Waals surface area contributed by atoms with E-state index in [1.165, 1.54) is 18.4 Å². The van der Waals surface area contributed by atoms with Crippen molar-refractivity contribution in [3.8, 4) is 6.07 Å². The van der Waals surface area contributed by atoms with Crippen molar-refractivity contribution >= 4 is 5.78 Å². The number of fused-ring (bicyclic) bond motifs is 5. The summed E-state index contributed by atoms with van der Waals surface area (Å²) in [7, 11) is 0. The Hall–Kier alpha value is 0.665. The standard InChI is InChI=1S/C21H28NO2.Rb/c1-20-9-7-19-17(18(20)5-3-14(20)8-11-22)4-2-15-12-16(24)6-10-21(15,19)13-23;/h8,15,17-19H,2-7,9-10,12-13H2,1H3;/q-1;+1/b14-8-;/t15-,17+,18+,19+,20-,21-;/m1./s1. The Morgan fingerprint density at radius 3 is 2.72 bits per heavy atom. The van der Waals surface area contributed by atoms with Gasteiger partial charge in [-0.1, -0.05) is 12.5 Å². The van der Waals surface area contributed by atoms with Gasteiger partial charge in [-0.15, -0.1) is 6.61 Å². The van der Waals surface area contributed by atoms with Gasteiger partial charge in [0.15, 0.2) is 0 Å². The van der Waals surface area contributed by atoms with Crippen LogP contribution in [0.1, 0.15) is 64.7 Å². The van der Waals surface area contributed by atoms with E-state index in [0.717, 1.165) is 32.1 Å². The third-order valence-corrected chi connectivity index (χ3v) is 8.54. The fourth-order valence-electron chi connectivity index (χ4n) is 7.29. The molecule has 25 heavy (non-hydrogen) atoms.